The third kappa shape index (κ3) is 48.8. The van der Waals surface area contributed by atoms with Crippen molar-refractivity contribution in [2.75, 3.05) is 13.2 Å². The normalized spacial score (nSPS) is 13.1. The minimum Gasteiger partial charge on any atom is -0.462 e. The Hall–Kier alpha value is -4.19. The van der Waals surface area contributed by atoms with Crippen molar-refractivity contribution < 1.29 is 28.6 Å². The number of hydrogen-bond donors (Lipinski definition) is 0. The van der Waals surface area contributed by atoms with E-state index in [0.29, 0.717) is 19.3 Å². The molecule has 64 heavy (non-hydrogen) atoms. The average Bonchev–Trinajstić information content (AvgIpc) is 3.29. The zero-order valence-corrected chi connectivity index (χ0v) is 41.0. The van der Waals surface area contributed by atoms with Crippen LogP contribution in [0, 0.1) is 0 Å². The number of allylic oxidation sites excluding steroid dienone is 20. The Kier molecular flexibility index (Phi) is 48.1. The van der Waals surface area contributed by atoms with E-state index in [0.717, 1.165) is 141 Å². The summed E-state index contributed by atoms with van der Waals surface area (Å²) in [5, 5.41) is 0. The number of unbranched alkanes of at least 4 members (excludes halogenated alkanes) is 13. The molecule has 6 heteroatoms. The molecule has 0 saturated heterocycles. The predicted molar refractivity (Wildman–Crippen MR) is 274 cm³/mol. The third-order valence-electron chi connectivity index (χ3n) is 10.2. The molecule has 0 saturated carbocycles. The molecule has 360 valence electrons. The van der Waals surface area contributed by atoms with Crippen molar-refractivity contribution in [1.82, 2.24) is 0 Å². The topological polar surface area (TPSA) is 78.9 Å². The first-order chi connectivity index (χ1) is 31.5. The van der Waals surface area contributed by atoms with Gasteiger partial charge in [-0.05, 0) is 122 Å². The monoisotopic (exact) mass is 885 g/mol. The maximum atomic E-state index is 12.8. The van der Waals surface area contributed by atoms with Gasteiger partial charge in [-0.15, -0.1) is 0 Å². The molecular weight excluding hydrogens is 793 g/mol. The first-order valence-corrected chi connectivity index (χ1v) is 25.5. The second kappa shape index (κ2) is 51.4. The van der Waals surface area contributed by atoms with Crippen molar-refractivity contribution in [3.63, 3.8) is 0 Å². The molecule has 0 spiro atoms. The first kappa shape index (κ1) is 59.8. The van der Waals surface area contributed by atoms with E-state index in [2.05, 4.69) is 142 Å². The lowest BCUT2D eigenvalue weighted by atomic mass is 10.1. The zero-order chi connectivity index (χ0) is 46.5. The molecule has 1 unspecified atom stereocenters. The van der Waals surface area contributed by atoms with E-state index < -0.39 is 6.10 Å². The summed E-state index contributed by atoms with van der Waals surface area (Å²) >= 11 is 0. The molecule has 0 aromatic heterocycles. The summed E-state index contributed by atoms with van der Waals surface area (Å²) in [6, 6.07) is 0. The number of ether oxygens (including phenoxy) is 3. The van der Waals surface area contributed by atoms with Crippen molar-refractivity contribution in [3.05, 3.63) is 122 Å². The van der Waals surface area contributed by atoms with Gasteiger partial charge in [0.1, 0.15) is 13.2 Å². The van der Waals surface area contributed by atoms with Crippen molar-refractivity contribution in [1.29, 1.82) is 0 Å². The average molecular weight is 885 g/mol. The number of carbonyl (C=O) groups is 3. The van der Waals surface area contributed by atoms with E-state index in [9.17, 15) is 14.4 Å². The zero-order valence-electron chi connectivity index (χ0n) is 41.0. The number of esters is 3. The van der Waals surface area contributed by atoms with Gasteiger partial charge in [0.05, 0.1) is 0 Å². The second-order valence-corrected chi connectivity index (χ2v) is 16.3. The van der Waals surface area contributed by atoms with Crippen LogP contribution in [0.2, 0.25) is 0 Å². The van der Waals surface area contributed by atoms with E-state index in [-0.39, 0.29) is 37.5 Å². The van der Waals surface area contributed by atoms with Crippen LogP contribution in [-0.2, 0) is 28.6 Å². The molecule has 0 N–H and O–H groups in total. The summed E-state index contributed by atoms with van der Waals surface area (Å²) in [5.41, 5.74) is 0. The fraction of sp³-hybridized carbons (Fsp3) is 0.603. The highest BCUT2D eigenvalue weighted by atomic mass is 16.6. The van der Waals surface area contributed by atoms with Crippen LogP contribution >= 0.6 is 0 Å². The molecule has 0 radical (unpaired) electrons. The predicted octanol–water partition coefficient (Wildman–Crippen LogP) is 16.9. The molecule has 6 nitrogen and oxygen atoms in total. The quantitative estimate of drug-likeness (QED) is 0.0262. The van der Waals surface area contributed by atoms with Gasteiger partial charge < -0.3 is 14.2 Å². The lowest BCUT2D eigenvalue weighted by Crippen LogP contribution is -2.30. The third-order valence-corrected chi connectivity index (χ3v) is 10.2. The molecular formula is C58H92O6. The Bertz CT molecular complexity index is 1390. The highest BCUT2D eigenvalue weighted by Crippen LogP contribution is 2.12. The van der Waals surface area contributed by atoms with Gasteiger partial charge in [0.15, 0.2) is 6.10 Å². The maximum Gasteiger partial charge on any atom is 0.306 e. The molecule has 0 aliphatic rings. The van der Waals surface area contributed by atoms with Gasteiger partial charge in [-0.3, -0.25) is 14.4 Å². The van der Waals surface area contributed by atoms with E-state index in [4.69, 9.17) is 14.2 Å². The highest BCUT2D eigenvalue weighted by molar-refractivity contribution is 5.71. The van der Waals surface area contributed by atoms with E-state index in [1.807, 2.05) is 0 Å². The number of carbonyl (C=O) groups excluding carboxylic acids is 3. The molecule has 0 fully saturated rings. The van der Waals surface area contributed by atoms with Gasteiger partial charge in [0.2, 0.25) is 0 Å². The standard InChI is InChI=1S/C58H92O6/c1-4-7-10-13-16-19-22-25-28-29-31-33-36-39-42-45-48-51-57(60)63-54-55(53-62-56(59)50-47-44-41-38-35-32-27-24-21-18-15-12-9-6-3)64-58(61)52-49-46-43-40-37-34-30-26-23-20-17-14-11-8-5-2/h7-8,10-11,15-20,24-28,30-31,33,37,40,55H,4-6,9,12-14,21-23,29,32,34-36,38-39,41-54H2,1-3H3/b10-7-,11-8-,18-15-,19-16-,20-17-,27-24-,28-25-,30-26-,33-31-,40-37-. The fourth-order valence-corrected chi connectivity index (χ4v) is 6.38. The molecule has 0 aliphatic carbocycles. The fourth-order valence-electron chi connectivity index (χ4n) is 6.38. The number of rotatable bonds is 44. The molecule has 0 aliphatic heterocycles. The van der Waals surface area contributed by atoms with Gasteiger partial charge in [0, 0.05) is 19.3 Å². The highest BCUT2D eigenvalue weighted by Gasteiger charge is 2.19. The summed E-state index contributed by atoms with van der Waals surface area (Å²) in [5.74, 6) is -1.00. The molecule has 0 amide bonds. The van der Waals surface area contributed by atoms with Crippen LogP contribution in [0.1, 0.15) is 207 Å². The summed E-state index contributed by atoms with van der Waals surface area (Å²) < 4.78 is 16.7. The van der Waals surface area contributed by atoms with Crippen molar-refractivity contribution in [2.45, 2.75) is 213 Å². The van der Waals surface area contributed by atoms with Crippen LogP contribution in [0.4, 0.5) is 0 Å². The Balaban J connectivity index is 4.54. The Labute approximate surface area is 392 Å². The van der Waals surface area contributed by atoms with Gasteiger partial charge in [0.25, 0.3) is 0 Å². The van der Waals surface area contributed by atoms with E-state index in [1.54, 1.807) is 0 Å². The van der Waals surface area contributed by atoms with Crippen LogP contribution < -0.4 is 0 Å². The van der Waals surface area contributed by atoms with Crippen molar-refractivity contribution in [3.8, 4) is 0 Å². The minimum atomic E-state index is -0.819. The van der Waals surface area contributed by atoms with Gasteiger partial charge in [-0.1, -0.05) is 187 Å². The van der Waals surface area contributed by atoms with Gasteiger partial charge >= 0.3 is 17.9 Å². The van der Waals surface area contributed by atoms with Gasteiger partial charge in [-0.25, -0.2) is 0 Å². The lowest BCUT2D eigenvalue weighted by molar-refractivity contribution is -0.167. The number of hydrogen-bond acceptors (Lipinski definition) is 6. The first-order valence-electron chi connectivity index (χ1n) is 25.5. The molecule has 0 bridgehead atoms. The molecule has 0 heterocycles. The summed E-state index contributed by atoms with van der Waals surface area (Å²) in [7, 11) is 0. The second-order valence-electron chi connectivity index (χ2n) is 16.3. The van der Waals surface area contributed by atoms with Crippen molar-refractivity contribution >= 4 is 17.9 Å². The van der Waals surface area contributed by atoms with E-state index in [1.165, 1.54) is 19.3 Å². The molecule has 1 atom stereocenters. The Morgan fingerprint density at radius 2 is 0.609 bits per heavy atom. The smallest absolute Gasteiger partial charge is 0.306 e. The molecule has 0 aromatic carbocycles. The minimum absolute atomic E-state index is 0.114. The summed E-state index contributed by atoms with van der Waals surface area (Å²) in [6.45, 7) is 6.28. The van der Waals surface area contributed by atoms with Crippen LogP contribution in [0.3, 0.4) is 0 Å². The maximum absolute atomic E-state index is 12.8. The molecule has 0 rings (SSSR count). The SMILES string of the molecule is CC/C=C\C/C=C\C/C=C\C/C=C\CCCCCCC(=O)OCC(COC(=O)CCCCCCC/C=C\C/C=C\CCCC)OC(=O)CCCC/C=C\C/C=C\C/C=C\C/C=C\CC. The Morgan fingerprint density at radius 3 is 0.984 bits per heavy atom. The lowest BCUT2D eigenvalue weighted by Gasteiger charge is -2.18. The Morgan fingerprint density at radius 1 is 0.328 bits per heavy atom. The van der Waals surface area contributed by atoms with Crippen LogP contribution in [0.25, 0.3) is 0 Å². The van der Waals surface area contributed by atoms with E-state index >= 15 is 0 Å². The van der Waals surface area contributed by atoms with Crippen LogP contribution in [0.5, 0.6) is 0 Å². The summed E-state index contributed by atoms with van der Waals surface area (Å²) in [6.07, 6.45) is 70.4. The van der Waals surface area contributed by atoms with Gasteiger partial charge in [-0.2, -0.15) is 0 Å². The largest absolute Gasteiger partial charge is 0.462 e. The molecule has 0 aromatic rings. The van der Waals surface area contributed by atoms with Crippen LogP contribution in [0.15, 0.2) is 122 Å². The van der Waals surface area contributed by atoms with Crippen molar-refractivity contribution in [2.24, 2.45) is 0 Å². The summed E-state index contributed by atoms with van der Waals surface area (Å²) in [4.78, 5) is 38.0. The van der Waals surface area contributed by atoms with Crippen LogP contribution in [-0.4, -0.2) is 37.2 Å².